The molecule has 3 rings (SSSR count). The minimum Gasteiger partial charge on any atom is -0.408 e. The van der Waals surface area contributed by atoms with Gasteiger partial charge >= 0.3 is 6.01 Å². The van der Waals surface area contributed by atoms with Gasteiger partial charge in [-0.3, -0.25) is 0 Å². The highest BCUT2D eigenvalue weighted by Crippen LogP contribution is 2.32. The second-order valence-corrected chi connectivity index (χ2v) is 5.32. The molecular weight excluding hydrogens is 240 g/mol. The van der Waals surface area contributed by atoms with Gasteiger partial charge in [0.25, 0.3) is 0 Å². The summed E-state index contributed by atoms with van der Waals surface area (Å²) in [4.78, 5) is 0. The van der Waals surface area contributed by atoms with Crippen LogP contribution in [-0.4, -0.2) is 14.8 Å². The highest BCUT2D eigenvalue weighted by atomic mass is 16.4. The van der Waals surface area contributed by atoms with E-state index in [9.17, 15) is 0 Å². The number of rotatable bonds is 4. The van der Waals surface area contributed by atoms with Crippen LogP contribution < -0.4 is 5.32 Å². The Morgan fingerprint density at radius 1 is 1.32 bits per heavy atom. The Morgan fingerprint density at radius 2 is 2.16 bits per heavy atom. The van der Waals surface area contributed by atoms with Crippen molar-refractivity contribution < 1.29 is 4.42 Å². The van der Waals surface area contributed by atoms with Crippen LogP contribution in [0.15, 0.2) is 22.9 Å². The smallest absolute Gasteiger partial charge is 0.315 e. The molecule has 0 aliphatic heterocycles. The molecule has 19 heavy (non-hydrogen) atoms. The van der Waals surface area contributed by atoms with Crippen LogP contribution in [0.25, 0.3) is 0 Å². The number of nitrogens with one attached hydrogen (secondary N) is 1. The van der Waals surface area contributed by atoms with Crippen LogP contribution in [-0.2, 0) is 13.6 Å². The Hall–Kier alpha value is -1.78. The fourth-order valence-corrected chi connectivity index (χ4v) is 2.66. The molecule has 0 aromatic carbocycles. The Balaban J connectivity index is 1.58. The first-order chi connectivity index (χ1) is 9.31. The number of aromatic nitrogens is 3. The van der Waals surface area contributed by atoms with Gasteiger partial charge in [0.2, 0.25) is 5.89 Å². The van der Waals surface area contributed by atoms with Gasteiger partial charge in [-0.1, -0.05) is 24.4 Å². The fourth-order valence-electron chi connectivity index (χ4n) is 2.66. The Morgan fingerprint density at radius 3 is 2.89 bits per heavy atom. The Bertz CT molecular complexity index is 525. The van der Waals surface area contributed by atoms with E-state index in [1.54, 1.807) is 0 Å². The summed E-state index contributed by atoms with van der Waals surface area (Å²) in [7, 11) is 2.01. The molecule has 0 spiro atoms. The molecule has 0 unspecified atom stereocenters. The standard InChI is InChI=1S/C14H20N4O/c1-18-8-7-11(10-18)9-15-14-17-16-13(19-14)12-5-3-2-4-6-12/h7-8,10,12H,2-6,9H2,1H3,(H,15,17). The van der Waals surface area contributed by atoms with Crippen LogP contribution in [0.3, 0.4) is 0 Å². The van der Waals surface area contributed by atoms with Crippen molar-refractivity contribution in [3.05, 3.63) is 29.9 Å². The van der Waals surface area contributed by atoms with Crippen molar-refractivity contribution >= 4 is 6.01 Å². The summed E-state index contributed by atoms with van der Waals surface area (Å²) >= 11 is 0. The second-order valence-electron chi connectivity index (χ2n) is 5.32. The maximum absolute atomic E-state index is 5.71. The maximum Gasteiger partial charge on any atom is 0.315 e. The van der Waals surface area contributed by atoms with E-state index in [0.717, 1.165) is 5.89 Å². The molecule has 0 radical (unpaired) electrons. The predicted octanol–water partition coefficient (Wildman–Crippen LogP) is 3.07. The summed E-state index contributed by atoms with van der Waals surface area (Å²) in [5, 5.41) is 11.4. The molecule has 2 aromatic rings. The summed E-state index contributed by atoms with van der Waals surface area (Å²) in [5.41, 5.74) is 1.21. The van der Waals surface area contributed by atoms with Gasteiger partial charge in [-0.15, -0.1) is 5.10 Å². The second kappa shape index (κ2) is 5.47. The van der Waals surface area contributed by atoms with E-state index < -0.39 is 0 Å². The van der Waals surface area contributed by atoms with Crippen molar-refractivity contribution in [2.75, 3.05) is 5.32 Å². The molecule has 1 fully saturated rings. The van der Waals surface area contributed by atoms with Crippen LogP contribution >= 0.6 is 0 Å². The minimum absolute atomic E-state index is 0.466. The highest BCUT2D eigenvalue weighted by Gasteiger charge is 2.21. The molecule has 0 atom stereocenters. The molecule has 102 valence electrons. The Kier molecular flexibility index (Phi) is 3.53. The number of hydrogen-bond acceptors (Lipinski definition) is 4. The molecule has 1 aliphatic rings. The molecule has 2 heterocycles. The van der Waals surface area contributed by atoms with Crippen LogP contribution in [0.2, 0.25) is 0 Å². The SMILES string of the molecule is Cn1ccc(CNc2nnc(C3CCCCC3)o2)c1. The highest BCUT2D eigenvalue weighted by molar-refractivity contribution is 5.22. The van der Waals surface area contributed by atoms with Gasteiger partial charge in [-0.25, -0.2) is 0 Å². The van der Waals surface area contributed by atoms with Gasteiger partial charge < -0.3 is 14.3 Å². The zero-order chi connectivity index (χ0) is 13.1. The summed E-state index contributed by atoms with van der Waals surface area (Å²) in [6.07, 6.45) is 10.4. The first-order valence-corrected chi connectivity index (χ1v) is 6.99. The molecule has 0 saturated heterocycles. The molecule has 1 N–H and O–H groups in total. The van der Waals surface area contributed by atoms with Crippen LogP contribution in [0.5, 0.6) is 0 Å². The third-order valence-corrected chi connectivity index (χ3v) is 3.73. The summed E-state index contributed by atoms with van der Waals surface area (Å²) in [6.45, 7) is 0.715. The molecule has 1 aliphatic carbocycles. The monoisotopic (exact) mass is 260 g/mol. The molecule has 1 saturated carbocycles. The minimum atomic E-state index is 0.466. The summed E-state index contributed by atoms with van der Waals surface area (Å²) < 4.78 is 7.74. The van der Waals surface area contributed by atoms with E-state index in [4.69, 9.17) is 4.42 Å². The van der Waals surface area contributed by atoms with Crippen LogP contribution in [0, 0.1) is 0 Å². The molecule has 5 heteroatoms. The third-order valence-electron chi connectivity index (χ3n) is 3.73. The van der Waals surface area contributed by atoms with Gasteiger partial charge in [0, 0.05) is 31.9 Å². The zero-order valence-electron chi connectivity index (χ0n) is 11.3. The van der Waals surface area contributed by atoms with E-state index in [1.807, 2.05) is 17.8 Å². The van der Waals surface area contributed by atoms with E-state index in [0.29, 0.717) is 18.5 Å². The molecule has 0 amide bonds. The number of nitrogens with zero attached hydrogens (tertiary/aromatic N) is 3. The fraction of sp³-hybridized carbons (Fsp3) is 0.571. The molecular formula is C14H20N4O. The molecule has 0 bridgehead atoms. The first kappa shape index (κ1) is 12.3. The molecule has 5 nitrogen and oxygen atoms in total. The van der Waals surface area contributed by atoms with E-state index >= 15 is 0 Å². The van der Waals surface area contributed by atoms with Crippen molar-refractivity contribution in [2.45, 2.75) is 44.6 Å². The quantitative estimate of drug-likeness (QED) is 0.918. The predicted molar refractivity (Wildman–Crippen MR) is 72.9 cm³/mol. The van der Waals surface area contributed by atoms with E-state index in [-0.39, 0.29) is 0 Å². The number of anilines is 1. The topological polar surface area (TPSA) is 55.9 Å². The lowest BCUT2D eigenvalue weighted by Crippen LogP contribution is -2.04. The van der Waals surface area contributed by atoms with E-state index in [2.05, 4.69) is 27.8 Å². The van der Waals surface area contributed by atoms with Crippen molar-refractivity contribution in [1.82, 2.24) is 14.8 Å². The van der Waals surface area contributed by atoms with E-state index in [1.165, 1.54) is 37.7 Å². The summed E-state index contributed by atoms with van der Waals surface area (Å²) in [5.74, 6) is 1.27. The van der Waals surface area contributed by atoms with Crippen molar-refractivity contribution in [3.63, 3.8) is 0 Å². The molecule has 2 aromatic heterocycles. The van der Waals surface area contributed by atoms with Crippen molar-refractivity contribution in [1.29, 1.82) is 0 Å². The van der Waals surface area contributed by atoms with Gasteiger partial charge in [-0.2, -0.15) is 0 Å². The van der Waals surface area contributed by atoms with Crippen LogP contribution in [0.4, 0.5) is 6.01 Å². The average Bonchev–Trinajstić information content (AvgIpc) is 3.06. The van der Waals surface area contributed by atoms with Gasteiger partial charge in [0.15, 0.2) is 0 Å². The number of aryl methyl sites for hydroxylation is 1. The zero-order valence-corrected chi connectivity index (χ0v) is 11.3. The normalized spacial score (nSPS) is 16.7. The lowest BCUT2D eigenvalue weighted by molar-refractivity contribution is 0.367. The lowest BCUT2D eigenvalue weighted by atomic mass is 9.89. The average molecular weight is 260 g/mol. The largest absolute Gasteiger partial charge is 0.408 e. The van der Waals surface area contributed by atoms with Crippen molar-refractivity contribution in [2.24, 2.45) is 7.05 Å². The van der Waals surface area contributed by atoms with Gasteiger partial charge in [-0.05, 0) is 24.5 Å². The summed E-state index contributed by atoms with van der Waals surface area (Å²) in [6, 6.07) is 2.61. The van der Waals surface area contributed by atoms with Gasteiger partial charge in [0.1, 0.15) is 0 Å². The number of hydrogen-bond donors (Lipinski definition) is 1. The lowest BCUT2D eigenvalue weighted by Gasteiger charge is -2.17. The van der Waals surface area contributed by atoms with Gasteiger partial charge in [0.05, 0.1) is 0 Å². The van der Waals surface area contributed by atoms with Crippen LogP contribution in [0.1, 0.15) is 49.5 Å². The first-order valence-electron chi connectivity index (χ1n) is 6.99. The van der Waals surface area contributed by atoms with Crippen molar-refractivity contribution in [3.8, 4) is 0 Å². The maximum atomic E-state index is 5.71. The Labute approximate surface area is 113 Å². The third kappa shape index (κ3) is 2.97.